The maximum atomic E-state index is 16.9. The molecule has 8 aromatic rings. The fraction of sp³-hybridized carbons (Fsp3) is 0.339. The molecular weight excluding hydrogens is 1150 g/mol. The number of nitrogens with one attached hydrogen (secondary N) is 3. The third kappa shape index (κ3) is 11.8. The normalized spacial score (nSPS) is 22.6. The average molecular weight is 1200 g/mol. The number of hydrogen-bond donors (Lipinski definition) is 4. The largest absolute Gasteiger partial charge is 0.497 e. The van der Waals surface area contributed by atoms with Crippen LogP contribution in [-0.4, -0.2) is 133 Å². The lowest BCUT2D eigenvalue weighted by Gasteiger charge is -2.40. The van der Waals surface area contributed by atoms with E-state index in [0.29, 0.717) is 28.2 Å². The lowest BCUT2D eigenvalue weighted by Crippen LogP contribution is -2.49. The van der Waals surface area contributed by atoms with Crippen molar-refractivity contribution in [2.45, 2.75) is 74.5 Å². The lowest BCUT2D eigenvalue weighted by molar-refractivity contribution is -0.202. The molecule has 2 amide bonds. The van der Waals surface area contributed by atoms with E-state index in [9.17, 15) is 29.1 Å². The number of aromatic amines is 1. The van der Waals surface area contributed by atoms with Crippen molar-refractivity contribution in [1.29, 1.82) is 5.26 Å². The summed E-state index contributed by atoms with van der Waals surface area (Å²) in [5.41, 5.74) is -1.10. The first-order chi connectivity index (χ1) is 41.2. The molecule has 442 valence electrons. The predicted octanol–water partition coefficient (Wildman–Crippen LogP) is 7.06. The first-order valence-electron chi connectivity index (χ1n) is 26.6. The minimum atomic E-state index is -3.84. The van der Waals surface area contributed by atoms with Crippen LogP contribution < -0.4 is 25.7 Å². The quantitative estimate of drug-likeness (QED) is 0.0267. The standard InChI is InChI=1S/C56H56FN11O15P2/c1-32(2)49(69)65-54-64-48-42(51(71)66-54)62-31-68(48)52-43(82-84(72)73)40(57)39(80-52)26-79-85(78-25-11-24-58)83-45-44-53(67-30-61-41-46(59-29-60-47(41)67)63-50(70)33-12-7-5-8-13-33)81-55(45,27-76-44)28-77-56(34-14-9-6-10-15-34,35-16-20-37(74-3)21-17-35)36-18-22-38(75-4)23-19-36/h5-10,12-23,29-32,39-40,43-45,52-53,84H,11,25-28H2,1-4H3,(H,72,73)(H,59,60,63,70)(H2,64,65,66,69,71)/t39-,40+,43-,44-,45+,52-,53-,55-,85?/m1/s1. The molecular formula is C56H56FN11O15P2. The van der Waals surface area contributed by atoms with Crippen LogP contribution in [0, 0.1) is 17.2 Å². The fourth-order valence-electron chi connectivity index (χ4n) is 10.3. The predicted molar refractivity (Wildman–Crippen MR) is 301 cm³/mol. The maximum absolute atomic E-state index is 16.9. The van der Waals surface area contributed by atoms with Gasteiger partial charge in [0.05, 0.1) is 65.8 Å². The number of methoxy groups -OCH3 is 2. The van der Waals surface area contributed by atoms with Crippen LogP contribution in [0.1, 0.15) is 59.8 Å². The van der Waals surface area contributed by atoms with Gasteiger partial charge in [0.25, 0.3) is 11.5 Å². The minimum Gasteiger partial charge on any atom is -0.497 e. The molecule has 26 nitrogen and oxygen atoms in total. The molecule has 4 N–H and O–H groups in total. The van der Waals surface area contributed by atoms with Crippen molar-refractivity contribution < 1.29 is 70.0 Å². The first-order valence-corrected chi connectivity index (χ1v) is 29.0. The van der Waals surface area contributed by atoms with Crippen molar-refractivity contribution in [3.05, 3.63) is 161 Å². The number of carbonyl (C=O) groups excluding carboxylic acids is 2. The number of anilines is 2. The molecule has 29 heteroatoms. The van der Waals surface area contributed by atoms with E-state index in [1.165, 1.54) is 12.7 Å². The van der Waals surface area contributed by atoms with E-state index in [0.717, 1.165) is 16.5 Å². The number of hydrogen-bond acceptors (Lipinski definition) is 20. The Morgan fingerprint density at radius 2 is 1.53 bits per heavy atom. The number of nitrogens with zero attached hydrogens (tertiary/aromatic N) is 8. The molecule has 85 heavy (non-hydrogen) atoms. The van der Waals surface area contributed by atoms with Gasteiger partial charge in [-0.1, -0.05) is 86.6 Å². The second-order valence-corrected chi connectivity index (χ2v) is 22.0. The molecule has 3 saturated heterocycles. The Morgan fingerprint density at radius 1 is 0.882 bits per heavy atom. The van der Waals surface area contributed by atoms with Crippen LogP contribution in [0.25, 0.3) is 22.3 Å². The SMILES string of the molecule is COc1ccc(C(OC[C@@]23CO[C@@H]([C@H](n4cnc5c(NC(=O)c6ccccc6)ncnc54)O2)[C@@H]3OP(OCCC#N)OC[C@H]2O[C@@H](n3cnc4c(=O)[nH]c(NC(=O)C(C)C)nc43)[C@H](O[PH](=O)O)[C@H]2F)(c2ccccc2)c2ccc(OC)cc2)cc1. The van der Waals surface area contributed by atoms with Crippen molar-refractivity contribution in [2.24, 2.45) is 5.92 Å². The Labute approximate surface area is 485 Å². The highest BCUT2D eigenvalue weighted by molar-refractivity contribution is 7.41. The van der Waals surface area contributed by atoms with E-state index in [4.69, 9.17) is 46.5 Å². The smallest absolute Gasteiger partial charge is 0.333 e. The number of alkyl halides is 1. The highest BCUT2D eigenvalue weighted by Gasteiger charge is 2.65. The number of H-pyrrole nitrogens is 1. The number of carbonyl (C=O) groups is 2. The van der Waals surface area contributed by atoms with E-state index >= 15 is 4.39 Å². The van der Waals surface area contributed by atoms with Gasteiger partial charge in [-0.05, 0) is 53.1 Å². The number of aromatic nitrogens is 8. The molecule has 0 aliphatic carbocycles. The van der Waals surface area contributed by atoms with Crippen molar-refractivity contribution in [3.8, 4) is 17.6 Å². The summed E-state index contributed by atoms with van der Waals surface area (Å²) in [4.78, 5) is 73.7. The summed E-state index contributed by atoms with van der Waals surface area (Å²) in [5.74, 6) is -0.311. The second kappa shape index (κ2) is 25.3. The molecule has 2 bridgehead atoms. The molecule has 3 fully saturated rings. The number of imidazole rings is 2. The molecule has 2 unspecified atom stereocenters. The zero-order valence-electron chi connectivity index (χ0n) is 45.8. The van der Waals surface area contributed by atoms with E-state index in [-0.39, 0.29) is 60.3 Å². The van der Waals surface area contributed by atoms with Crippen LogP contribution in [0.3, 0.4) is 0 Å². The van der Waals surface area contributed by atoms with Crippen LogP contribution in [0.15, 0.2) is 133 Å². The maximum Gasteiger partial charge on any atom is 0.333 e. The van der Waals surface area contributed by atoms with Gasteiger partial charge in [-0.15, -0.1) is 0 Å². The van der Waals surface area contributed by atoms with Gasteiger partial charge < -0.3 is 52.2 Å². The van der Waals surface area contributed by atoms with Crippen LogP contribution in [0.2, 0.25) is 0 Å². The molecule has 3 aliphatic heterocycles. The van der Waals surface area contributed by atoms with Crippen LogP contribution in [-0.2, 0) is 52.0 Å². The van der Waals surface area contributed by atoms with Crippen molar-refractivity contribution >= 4 is 62.8 Å². The molecule has 10 atom stereocenters. The Kier molecular flexibility index (Phi) is 17.5. The lowest BCUT2D eigenvalue weighted by atomic mass is 9.79. The Morgan fingerprint density at radius 3 is 2.18 bits per heavy atom. The summed E-state index contributed by atoms with van der Waals surface area (Å²) >= 11 is 0. The molecule has 4 aromatic carbocycles. The highest BCUT2D eigenvalue weighted by Crippen LogP contribution is 2.55. The number of nitriles is 1. The van der Waals surface area contributed by atoms with Gasteiger partial charge in [0.15, 0.2) is 46.8 Å². The van der Waals surface area contributed by atoms with Gasteiger partial charge >= 0.3 is 16.9 Å². The summed E-state index contributed by atoms with van der Waals surface area (Å²) in [6.07, 6.45) is -6.65. The van der Waals surface area contributed by atoms with Gasteiger partial charge in [-0.2, -0.15) is 10.2 Å². The summed E-state index contributed by atoms with van der Waals surface area (Å²) in [5, 5.41) is 15.0. The highest BCUT2D eigenvalue weighted by atomic mass is 31.2. The summed E-state index contributed by atoms with van der Waals surface area (Å²) in [6.45, 7) is 2.01. The number of ether oxygens (including phenoxy) is 6. The van der Waals surface area contributed by atoms with Crippen LogP contribution in [0.5, 0.6) is 11.5 Å². The van der Waals surface area contributed by atoms with E-state index in [1.54, 1.807) is 63.0 Å². The molecule has 11 rings (SSSR count). The number of rotatable bonds is 24. The Hall–Kier alpha value is -7.96. The minimum absolute atomic E-state index is 0.120. The summed E-state index contributed by atoms with van der Waals surface area (Å²) < 4.78 is 95.3. The van der Waals surface area contributed by atoms with Gasteiger partial charge in [0, 0.05) is 11.5 Å². The van der Waals surface area contributed by atoms with Crippen molar-refractivity contribution in [3.63, 3.8) is 0 Å². The zero-order valence-corrected chi connectivity index (χ0v) is 47.7. The van der Waals surface area contributed by atoms with E-state index < -0.39 is 101 Å². The number of halogens is 1. The van der Waals surface area contributed by atoms with Crippen LogP contribution >= 0.6 is 16.9 Å². The third-order valence-corrected chi connectivity index (χ3v) is 16.1. The topological polar surface area (TPSA) is 319 Å². The fourth-order valence-corrected chi connectivity index (χ4v) is 12.0. The van der Waals surface area contributed by atoms with Gasteiger partial charge in [0.2, 0.25) is 11.9 Å². The summed E-state index contributed by atoms with van der Waals surface area (Å²) in [7, 11) is -3.34. The van der Waals surface area contributed by atoms with Crippen LogP contribution in [0.4, 0.5) is 16.2 Å². The van der Waals surface area contributed by atoms with E-state index in [2.05, 4.69) is 40.5 Å². The first kappa shape index (κ1) is 58.8. The monoisotopic (exact) mass is 1200 g/mol. The van der Waals surface area contributed by atoms with Crippen molar-refractivity contribution in [2.75, 3.05) is 51.3 Å². The number of benzene rings is 4. The molecule has 0 radical (unpaired) electrons. The molecule has 3 aliphatic rings. The van der Waals surface area contributed by atoms with Crippen molar-refractivity contribution in [1.82, 2.24) is 39.0 Å². The molecule has 4 aromatic heterocycles. The van der Waals surface area contributed by atoms with E-state index in [1.807, 2.05) is 84.9 Å². The average Bonchev–Trinajstić information content (AvgIpc) is 1.68. The third-order valence-electron chi connectivity index (χ3n) is 14.5. The summed E-state index contributed by atoms with van der Waals surface area (Å²) in [6, 6.07) is 35.0. The Balaban J connectivity index is 0.950. The molecule has 7 heterocycles. The van der Waals surface area contributed by atoms with Gasteiger partial charge in [-0.25, -0.2) is 24.3 Å². The Bertz CT molecular complexity index is 3760. The zero-order chi connectivity index (χ0) is 59.4. The number of amides is 2. The van der Waals surface area contributed by atoms with Gasteiger partial charge in [0.1, 0.15) is 53.4 Å². The number of fused-ring (bicyclic) bond motifs is 4. The second-order valence-electron chi connectivity index (χ2n) is 20.0. The van der Waals surface area contributed by atoms with Gasteiger partial charge in [-0.3, -0.25) is 42.9 Å². The molecule has 0 saturated carbocycles. The molecule has 0 spiro atoms.